The van der Waals surface area contributed by atoms with Crippen molar-refractivity contribution in [2.75, 3.05) is 14.2 Å². The average Bonchev–Trinajstić information content (AvgIpc) is 2.34. The van der Waals surface area contributed by atoms with Gasteiger partial charge in [0.05, 0.1) is 12.2 Å². The Bertz CT molecular complexity index is 338. The highest BCUT2D eigenvalue weighted by molar-refractivity contribution is 7.80. The van der Waals surface area contributed by atoms with Crippen LogP contribution in [-0.2, 0) is 9.47 Å². The molecule has 17 heavy (non-hydrogen) atoms. The number of thiocarbonyl (C=S) groups is 1. The van der Waals surface area contributed by atoms with Crippen molar-refractivity contribution >= 4 is 23.2 Å². The van der Waals surface area contributed by atoms with Gasteiger partial charge in [-0.1, -0.05) is 0 Å². The maximum atomic E-state index is 8.02. The molecule has 1 saturated heterocycles. The van der Waals surface area contributed by atoms with Gasteiger partial charge >= 0.3 is 0 Å². The number of amidine groups is 1. The molecule has 1 saturated carbocycles. The molecule has 2 fully saturated rings. The van der Waals surface area contributed by atoms with Gasteiger partial charge in [-0.3, -0.25) is 5.41 Å². The predicted octanol–water partition coefficient (Wildman–Crippen LogP) is -0.164. The van der Waals surface area contributed by atoms with Gasteiger partial charge in [-0.25, -0.2) is 10.9 Å². The van der Waals surface area contributed by atoms with Gasteiger partial charge in [0, 0.05) is 26.2 Å². The van der Waals surface area contributed by atoms with Gasteiger partial charge in [0.2, 0.25) is 0 Å². The number of hydrazine groups is 1. The molecule has 0 aromatic heterocycles. The summed E-state index contributed by atoms with van der Waals surface area (Å²) in [5.41, 5.74) is 0. The monoisotopic (exact) mass is 258 g/mol. The predicted molar refractivity (Wildman–Crippen MR) is 67.6 cm³/mol. The fourth-order valence-electron chi connectivity index (χ4n) is 2.61. The minimum Gasteiger partial charge on any atom is -0.379 e. The zero-order chi connectivity index (χ0) is 12.6. The zero-order valence-electron chi connectivity index (χ0n) is 9.97. The smallest absolute Gasteiger partial charge is 0.189 e. The van der Waals surface area contributed by atoms with Crippen molar-refractivity contribution in [2.45, 2.75) is 31.1 Å². The Morgan fingerprint density at radius 2 is 1.94 bits per heavy atom. The number of rotatable bonds is 2. The second-order valence-electron chi connectivity index (χ2n) is 4.44. The van der Waals surface area contributed by atoms with E-state index in [9.17, 15) is 0 Å². The molecular weight excluding hydrogens is 240 g/mol. The Morgan fingerprint density at radius 3 is 2.53 bits per heavy atom. The van der Waals surface area contributed by atoms with Crippen LogP contribution in [0.1, 0.15) is 12.8 Å². The van der Waals surface area contributed by atoms with E-state index in [1.807, 2.05) is 0 Å². The Balaban J connectivity index is 2.16. The Labute approximate surface area is 106 Å². The van der Waals surface area contributed by atoms with Gasteiger partial charge in [0.25, 0.3) is 0 Å². The molecule has 6 nitrogen and oxygen atoms in total. The van der Waals surface area contributed by atoms with Crippen LogP contribution in [0.3, 0.4) is 0 Å². The molecule has 2 rings (SSSR count). The van der Waals surface area contributed by atoms with Crippen LogP contribution in [0, 0.1) is 11.3 Å². The number of methoxy groups -OCH3 is 2. The third-order valence-corrected chi connectivity index (χ3v) is 3.93. The zero-order valence-corrected chi connectivity index (χ0v) is 10.8. The quantitative estimate of drug-likeness (QED) is 0.471. The minimum absolute atomic E-state index is 0.00321. The molecule has 0 radical (unpaired) electrons. The summed E-state index contributed by atoms with van der Waals surface area (Å²) in [6.45, 7) is 0. The molecule has 1 heterocycles. The van der Waals surface area contributed by atoms with Crippen LogP contribution < -0.4 is 11.2 Å². The number of fused-ring (bicyclic) bond motifs is 1. The lowest BCUT2D eigenvalue weighted by Crippen LogP contribution is -2.65. The van der Waals surface area contributed by atoms with Crippen LogP contribution in [0.2, 0.25) is 0 Å². The lowest BCUT2D eigenvalue weighted by atomic mass is 9.79. The van der Waals surface area contributed by atoms with E-state index in [2.05, 4.69) is 5.32 Å². The highest BCUT2D eigenvalue weighted by Crippen LogP contribution is 2.31. The number of nitrogens with two attached hydrogens (primary N) is 1. The fraction of sp³-hybridized carbons (Fsp3) is 0.800. The van der Waals surface area contributed by atoms with Gasteiger partial charge in [-0.05, 0) is 25.1 Å². The molecule has 4 N–H and O–H groups in total. The third-order valence-electron chi connectivity index (χ3n) is 3.62. The largest absolute Gasteiger partial charge is 0.379 e. The Kier molecular flexibility index (Phi) is 3.62. The van der Waals surface area contributed by atoms with Crippen molar-refractivity contribution in [1.82, 2.24) is 10.3 Å². The highest BCUT2D eigenvalue weighted by atomic mass is 32.1. The van der Waals surface area contributed by atoms with E-state index < -0.39 is 0 Å². The van der Waals surface area contributed by atoms with Crippen molar-refractivity contribution in [1.29, 1.82) is 5.41 Å². The van der Waals surface area contributed by atoms with Crippen LogP contribution in [0.4, 0.5) is 0 Å². The number of nitrogens with one attached hydrogen (secondary N) is 2. The van der Waals surface area contributed by atoms with Crippen LogP contribution >= 0.6 is 12.2 Å². The highest BCUT2D eigenvalue weighted by Gasteiger charge is 2.44. The topological polar surface area (TPSA) is 83.6 Å². The molecule has 1 aliphatic carbocycles. The van der Waals surface area contributed by atoms with Crippen molar-refractivity contribution in [3.63, 3.8) is 0 Å². The SMILES string of the molecule is COC1CC2NC(=S)N(N)C(=N)C2CC1OC. The second-order valence-corrected chi connectivity index (χ2v) is 4.82. The molecule has 1 aliphatic heterocycles. The van der Waals surface area contributed by atoms with Crippen LogP contribution in [0.25, 0.3) is 0 Å². The maximum Gasteiger partial charge on any atom is 0.189 e. The number of nitrogens with zero attached hydrogens (tertiary/aromatic N) is 1. The molecule has 0 bridgehead atoms. The van der Waals surface area contributed by atoms with Gasteiger partial charge in [0.15, 0.2) is 5.11 Å². The summed E-state index contributed by atoms with van der Waals surface area (Å²) in [6, 6.07) is 0.117. The van der Waals surface area contributed by atoms with E-state index >= 15 is 0 Å². The number of hydrogen-bond acceptors (Lipinski definition) is 5. The standard InChI is InChI=1S/C10H18N4O2S/c1-15-7-3-5-6(4-8(7)16-2)13-10(17)14(12)9(5)11/h5-8,11H,3-4,12H2,1-2H3,(H,13,17). The lowest BCUT2D eigenvalue weighted by Gasteiger charge is -2.46. The Morgan fingerprint density at radius 1 is 1.35 bits per heavy atom. The summed E-state index contributed by atoms with van der Waals surface area (Å²) in [4.78, 5) is 0. The summed E-state index contributed by atoms with van der Waals surface area (Å²) in [7, 11) is 3.35. The van der Waals surface area contributed by atoms with E-state index in [1.165, 1.54) is 5.01 Å². The van der Waals surface area contributed by atoms with Gasteiger partial charge in [0.1, 0.15) is 5.84 Å². The number of hydrogen-bond donors (Lipinski definition) is 3. The minimum atomic E-state index is 0.00321. The van der Waals surface area contributed by atoms with Crippen molar-refractivity contribution < 1.29 is 9.47 Å². The van der Waals surface area contributed by atoms with E-state index in [1.54, 1.807) is 14.2 Å². The first-order valence-electron chi connectivity index (χ1n) is 5.57. The molecule has 96 valence electrons. The first-order valence-corrected chi connectivity index (χ1v) is 5.98. The van der Waals surface area contributed by atoms with Gasteiger partial charge in [-0.15, -0.1) is 0 Å². The van der Waals surface area contributed by atoms with Gasteiger partial charge in [-0.2, -0.15) is 0 Å². The van der Waals surface area contributed by atoms with E-state index in [0.717, 1.165) is 12.8 Å². The van der Waals surface area contributed by atoms with E-state index in [4.69, 9.17) is 32.9 Å². The Hall–Kier alpha value is -0.760. The van der Waals surface area contributed by atoms with E-state index in [0.29, 0.717) is 10.9 Å². The van der Waals surface area contributed by atoms with Gasteiger partial charge < -0.3 is 14.8 Å². The molecule has 4 unspecified atom stereocenters. The molecule has 0 aromatic carbocycles. The third kappa shape index (κ3) is 2.15. The van der Waals surface area contributed by atoms with Crippen LogP contribution in [0.5, 0.6) is 0 Å². The van der Waals surface area contributed by atoms with Crippen molar-refractivity contribution in [3.8, 4) is 0 Å². The second kappa shape index (κ2) is 4.85. The number of ether oxygens (including phenoxy) is 2. The normalized spacial score (nSPS) is 37.7. The summed E-state index contributed by atoms with van der Waals surface area (Å²) in [5.74, 6) is 6.10. The first-order chi connectivity index (χ1) is 8.08. The maximum absolute atomic E-state index is 8.02. The summed E-state index contributed by atoms with van der Waals surface area (Å²) < 4.78 is 10.8. The van der Waals surface area contributed by atoms with Crippen molar-refractivity contribution in [3.05, 3.63) is 0 Å². The molecule has 0 amide bonds. The summed E-state index contributed by atoms with van der Waals surface area (Å²) >= 11 is 5.08. The van der Waals surface area contributed by atoms with Crippen molar-refractivity contribution in [2.24, 2.45) is 11.8 Å². The van der Waals surface area contributed by atoms with E-state index in [-0.39, 0.29) is 24.2 Å². The van der Waals surface area contributed by atoms with Crippen LogP contribution in [0.15, 0.2) is 0 Å². The molecule has 0 spiro atoms. The average molecular weight is 258 g/mol. The molecule has 4 atom stereocenters. The lowest BCUT2D eigenvalue weighted by molar-refractivity contribution is -0.0720. The molecule has 0 aromatic rings. The first kappa shape index (κ1) is 12.7. The summed E-state index contributed by atoms with van der Waals surface area (Å²) in [6.07, 6.45) is 1.54. The fourth-order valence-corrected chi connectivity index (χ4v) is 2.86. The summed E-state index contributed by atoms with van der Waals surface area (Å²) in [5, 5.41) is 12.8. The molecular formula is C10H18N4O2S. The molecule has 7 heteroatoms. The van der Waals surface area contributed by atoms with Crippen LogP contribution in [-0.4, -0.2) is 48.4 Å². The molecule has 2 aliphatic rings.